The summed E-state index contributed by atoms with van der Waals surface area (Å²) in [6, 6.07) is 51.3. The van der Waals surface area contributed by atoms with Gasteiger partial charge in [0.15, 0.2) is 6.10 Å². The number of esters is 1. The van der Waals surface area contributed by atoms with Crippen LogP contribution in [0.3, 0.4) is 0 Å². The lowest BCUT2D eigenvalue weighted by Gasteiger charge is -2.42. The van der Waals surface area contributed by atoms with Crippen molar-refractivity contribution >= 4 is 17.7 Å². The third-order valence-corrected chi connectivity index (χ3v) is 8.57. The number of hydrogen-bond donors (Lipinski definition) is 2. The predicted octanol–water partition coefficient (Wildman–Crippen LogP) is 7.40. The largest absolute Gasteiger partial charge is 0.452 e. The van der Waals surface area contributed by atoms with Gasteiger partial charge in [-0.25, -0.2) is 0 Å². The third kappa shape index (κ3) is 5.83. The van der Waals surface area contributed by atoms with E-state index < -0.39 is 11.6 Å². The minimum Gasteiger partial charge on any atom is -0.452 e. The molecule has 6 rings (SSSR count). The van der Waals surface area contributed by atoms with E-state index in [-0.39, 0.29) is 17.1 Å². The van der Waals surface area contributed by atoms with Gasteiger partial charge in [-0.15, -0.1) is 11.8 Å². The first-order valence-corrected chi connectivity index (χ1v) is 15.1. The molecule has 0 saturated carbocycles. The first-order valence-electron chi connectivity index (χ1n) is 14.1. The zero-order valence-corrected chi connectivity index (χ0v) is 23.9. The summed E-state index contributed by atoms with van der Waals surface area (Å²) in [4.78, 5) is 13.2. The van der Waals surface area contributed by atoms with Gasteiger partial charge in [0, 0.05) is 6.20 Å². The number of nitrogens with one attached hydrogen (secondary N) is 2. The van der Waals surface area contributed by atoms with Gasteiger partial charge in [-0.1, -0.05) is 152 Å². The van der Waals surface area contributed by atoms with Gasteiger partial charge in [0.25, 0.3) is 0 Å². The molecule has 208 valence electrons. The van der Waals surface area contributed by atoms with E-state index in [9.17, 15) is 4.79 Å². The molecule has 0 spiro atoms. The van der Waals surface area contributed by atoms with Gasteiger partial charge in [0.05, 0.1) is 11.4 Å². The number of carbonyl (C=O) groups excluding carboxylic acids is 1. The van der Waals surface area contributed by atoms with Crippen molar-refractivity contribution < 1.29 is 9.53 Å². The topological polar surface area (TPSA) is 50.4 Å². The van der Waals surface area contributed by atoms with E-state index in [2.05, 4.69) is 83.4 Å². The van der Waals surface area contributed by atoms with Crippen molar-refractivity contribution in [2.75, 3.05) is 5.75 Å². The van der Waals surface area contributed by atoms with Gasteiger partial charge in [-0.2, -0.15) is 0 Å². The van der Waals surface area contributed by atoms with Crippen LogP contribution in [0.4, 0.5) is 0 Å². The number of hydrogen-bond acceptors (Lipinski definition) is 5. The molecular weight excluding hydrogens is 536 g/mol. The summed E-state index contributed by atoms with van der Waals surface area (Å²) < 4.78 is 6.06. The van der Waals surface area contributed by atoms with Gasteiger partial charge >= 0.3 is 5.97 Å². The van der Waals surface area contributed by atoms with E-state index in [1.165, 1.54) is 11.8 Å². The third-order valence-electron chi connectivity index (χ3n) is 7.45. The second-order valence-electron chi connectivity index (χ2n) is 10.1. The zero-order chi connectivity index (χ0) is 28.6. The average Bonchev–Trinajstić information content (AvgIpc) is 3.06. The van der Waals surface area contributed by atoms with Crippen LogP contribution in [-0.2, 0) is 15.1 Å². The number of ether oxygens (including phenoxy) is 1. The molecule has 1 aliphatic heterocycles. The van der Waals surface area contributed by atoms with Crippen molar-refractivity contribution in [2.45, 2.75) is 17.0 Å². The molecule has 2 N–H and O–H groups in total. The average molecular weight is 569 g/mol. The fourth-order valence-electron chi connectivity index (χ4n) is 5.37. The molecule has 1 atom stereocenters. The molecule has 0 saturated heterocycles. The molecule has 1 heterocycles. The van der Waals surface area contributed by atoms with Crippen LogP contribution >= 0.6 is 11.8 Å². The molecule has 5 aromatic rings. The summed E-state index contributed by atoms with van der Waals surface area (Å²) in [5.41, 5.74) is 5.69. The Kier molecular flexibility index (Phi) is 8.38. The highest BCUT2D eigenvalue weighted by Crippen LogP contribution is 2.39. The van der Waals surface area contributed by atoms with Crippen LogP contribution in [0.2, 0.25) is 0 Å². The molecule has 0 radical (unpaired) electrons. The van der Waals surface area contributed by atoms with Gasteiger partial charge < -0.3 is 15.4 Å². The van der Waals surface area contributed by atoms with Crippen LogP contribution in [-0.4, -0.2) is 17.1 Å². The SMILES string of the molecule is O=C(CSC1NC=C1NC(c1ccccc1)(c1ccccc1)c1ccccc1)OC(c1ccccc1)c1ccccc1. The Morgan fingerprint density at radius 1 is 0.667 bits per heavy atom. The molecule has 0 aliphatic carbocycles. The maximum Gasteiger partial charge on any atom is 0.316 e. The van der Waals surface area contributed by atoms with E-state index in [4.69, 9.17) is 4.74 Å². The van der Waals surface area contributed by atoms with Crippen LogP contribution in [0.5, 0.6) is 0 Å². The second-order valence-corrected chi connectivity index (χ2v) is 11.2. The molecule has 5 heteroatoms. The molecule has 1 aliphatic rings. The maximum absolute atomic E-state index is 13.2. The van der Waals surface area contributed by atoms with Gasteiger partial charge in [0.2, 0.25) is 0 Å². The molecular formula is C37H32N2O2S. The second kappa shape index (κ2) is 12.8. The minimum absolute atomic E-state index is 0.0834. The van der Waals surface area contributed by atoms with Crippen LogP contribution in [0.1, 0.15) is 33.9 Å². The standard InChI is InChI=1S/C37H32N2O2S/c40-34(41-35(28-16-6-1-7-17-28)29-18-8-2-9-19-29)27-42-36-33(26-38-36)39-37(30-20-10-3-11-21-30,31-22-12-4-13-23-31)32-24-14-5-15-25-32/h1-26,35-36,38-39H,27H2. The highest BCUT2D eigenvalue weighted by Gasteiger charge is 2.39. The Labute approximate surface area is 251 Å². The molecule has 0 bridgehead atoms. The van der Waals surface area contributed by atoms with Gasteiger partial charge in [-0.3, -0.25) is 4.79 Å². The molecule has 0 aromatic heterocycles. The summed E-state index contributed by atoms with van der Waals surface area (Å²) in [7, 11) is 0. The number of carbonyl (C=O) groups is 1. The summed E-state index contributed by atoms with van der Waals surface area (Å²) in [5.74, 6) is -0.0480. The van der Waals surface area contributed by atoms with E-state index in [0.29, 0.717) is 0 Å². The summed E-state index contributed by atoms with van der Waals surface area (Å²) in [5, 5.41) is 7.20. The fraction of sp³-hybridized carbons (Fsp3) is 0.108. The van der Waals surface area contributed by atoms with Crippen molar-refractivity contribution in [2.24, 2.45) is 0 Å². The normalized spacial score (nSPS) is 14.3. The number of thioether (sulfide) groups is 1. The first kappa shape index (κ1) is 27.4. The predicted molar refractivity (Wildman–Crippen MR) is 171 cm³/mol. The highest BCUT2D eigenvalue weighted by atomic mass is 32.2. The van der Waals surface area contributed by atoms with E-state index >= 15 is 0 Å². The summed E-state index contributed by atoms with van der Waals surface area (Å²) in [6.45, 7) is 0. The van der Waals surface area contributed by atoms with Gasteiger partial charge in [0.1, 0.15) is 10.9 Å². The molecule has 0 amide bonds. The fourth-order valence-corrected chi connectivity index (χ4v) is 6.21. The molecule has 1 unspecified atom stereocenters. The van der Waals surface area contributed by atoms with Crippen molar-refractivity contribution in [1.29, 1.82) is 0 Å². The van der Waals surface area contributed by atoms with E-state index in [0.717, 1.165) is 33.5 Å². The highest BCUT2D eigenvalue weighted by molar-refractivity contribution is 8.00. The maximum atomic E-state index is 13.2. The van der Waals surface area contributed by atoms with Crippen molar-refractivity contribution in [3.8, 4) is 0 Å². The zero-order valence-electron chi connectivity index (χ0n) is 23.1. The molecule has 4 nitrogen and oxygen atoms in total. The molecule has 0 fully saturated rings. The lowest BCUT2D eigenvalue weighted by atomic mass is 9.76. The monoisotopic (exact) mass is 568 g/mol. The van der Waals surface area contributed by atoms with Crippen LogP contribution in [0.25, 0.3) is 0 Å². The van der Waals surface area contributed by atoms with Crippen molar-refractivity contribution in [3.63, 3.8) is 0 Å². The van der Waals surface area contributed by atoms with Crippen LogP contribution < -0.4 is 10.6 Å². The van der Waals surface area contributed by atoms with Crippen molar-refractivity contribution in [3.05, 3.63) is 191 Å². The van der Waals surface area contributed by atoms with Crippen LogP contribution in [0, 0.1) is 0 Å². The summed E-state index contributed by atoms with van der Waals surface area (Å²) in [6.07, 6.45) is 1.54. The quantitative estimate of drug-likeness (QED) is 0.128. The molecule has 42 heavy (non-hydrogen) atoms. The Hall–Kier alpha value is -4.74. The lowest BCUT2D eigenvalue weighted by Crippen LogP contribution is -2.51. The van der Waals surface area contributed by atoms with Crippen molar-refractivity contribution in [1.82, 2.24) is 10.6 Å². The minimum atomic E-state index is -0.622. The Morgan fingerprint density at radius 3 is 1.45 bits per heavy atom. The first-order chi connectivity index (χ1) is 20.7. The Bertz CT molecular complexity index is 1480. The Morgan fingerprint density at radius 2 is 1.07 bits per heavy atom. The van der Waals surface area contributed by atoms with Crippen LogP contribution in [0.15, 0.2) is 164 Å². The summed E-state index contributed by atoms with van der Waals surface area (Å²) >= 11 is 1.52. The van der Waals surface area contributed by atoms with E-state index in [1.54, 1.807) is 0 Å². The van der Waals surface area contributed by atoms with Gasteiger partial charge in [-0.05, 0) is 27.8 Å². The number of benzene rings is 5. The Balaban J connectivity index is 1.22. The number of rotatable bonds is 11. The smallest absolute Gasteiger partial charge is 0.316 e. The molecule has 5 aromatic carbocycles. The van der Waals surface area contributed by atoms with E-state index in [1.807, 2.05) is 85.1 Å². The lowest BCUT2D eigenvalue weighted by molar-refractivity contribution is -0.144.